The Labute approximate surface area is 252 Å². The first-order valence-corrected chi connectivity index (χ1v) is 24.8. The van der Waals surface area contributed by atoms with Crippen LogP contribution in [0.1, 0.15) is 0 Å². The van der Waals surface area contributed by atoms with Crippen molar-refractivity contribution < 1.29 is 21.7 Å². The van der Waals surface area contributed by atoms with Gasteiger partial charge in [-0.15, -0.1) is 53.3 Å². The molecule has 0 heterocycles. The van der Waals surface area contributed by atoms with E-state index in [0.717, 1.165) is 31.1 Å². The molecule has 0 saturated carbocycles. The topological polar surface area (TPSA) is 22.3 Å². The molecule has 0 amide bonds. The molecule has 7 heteroatoms. The average molecular weight is 579 g/mol. The van der Waals surface area contributed by atoms with Gasteiger partial charge in [0, 0.05) is 42.4 Å². The second-order valence-electron chi connectivity index (χ2n) is 9.18. The largest absolute Gasteiger partial charge is 3.00 e. The quantitative estimate of drug-likeness (QED) is 0.165. The van der Waals surface area contributed by atoms with Crippen molar-refractivity contribution in [2.24, 2.45) is 0 Å². The second kappa shape index (κ2) is 20.7. The van der Waals surface area contributed by atoms with Crippen LogP contribution in [0.2, 0.25) is 46.3 Å². The van der Waals surface area contributed by atoms with E-state index in [1.165, 1.54) is 0 Å². The van der Waals surface area contributed by atoms with Crippen molar-refractivity contribution in [3.63, 3.8) is 0 Å². The first-order chi connectivity index (χ1) is 15.7. The number of benzene rings is 3. The molecule has 3 rings (SSSR count). The maximum Gasteiger partial charge on any atom is 3.00 e. The molecule has 0 atom stereocenters. The summed E-state index contributed by atoms with van der Waals surface area (Å²) in [5.74, 6) is 19.4. The van der Waals surface area contributed by atoms with Crippen molar-refractivity contribution in [2.45, 2.75) is 46.3 Å². The summed E-state index contributed by atoms with van der Waals surface area (Å²) in [5, 5.41) is 14.5. The zero-order valence-corrected chi connectivity index (χ0v) is 30.4. The molecule has 0 aromatic heterocycles. The summed E-state index contributed by atoms with van der Waals surface area (Å²) in [6.45, 7) is 0. The molecule has 0 aliphatic heterocycles. The first kappa shape index (κ1) is 37.9. The van der Waals surface area contributed by atoms with Crippen LogP contribution in [0.25, 0.3) is 5.16 Å². The Balaban J connectivity index is 0. The molecule has 0 N–H and O–H groups in total. The van der Waals surface area contributed by atoms with E-state index in [2.05, 4.69) is 48.8 Å². The van der Waals surface area contributed by atoms with Crippen LogP contribution in [-0.2, 0) is 21.7 Å². The van der Waals surface area contributed by atoms with E-state index in [1.807, 2.05) is 91.0 Å². The Hall–Kier alpha value is 0.734. The zero-order valence-electron chi connectivity index (χ0n) is 23.4. The summed E-state index contributed by atoms with van der Waals surface area (Å²) < 4.78 is 2.11. The van der Waals surface area contributed by atoms with Gasteiger partial charge >= 0.3 is 21.7 Å². The molecule has 2 radical (unpaired) electrons. The fourth-order valence-electron chi connectivity index (χ4n) is 4.38. The van der Waals surface area contributed by atoms with E-state index < -0.39 is 7.05 Å². The fourth-order valence-corrected chi connectivity index (χ4v) is 23.1. The van der Waals surface area contributed by atoms with Gasteiger partial charge in [0.2, 0.25) is 0 Å². The molecule has 1 nitrogen and oxygen atoms in total. The van der Waals surface area contributed by atoms with Crippen LogP contribution in [0.5, 0.6) is 0 Å². The smallest absolute Gasteiger partial charge is 0.797 e. The second-order valence-corrected chi connectivity index (χ2v) is 24.1. The van der Waals surface area contributed by atoms with Crippen LogP contribution in [-0.4, -0.2) is 57.7 Å². The third-order valence-electron chi connectivity index (χ3n) is 5.39. The standard InChI is InChI=1S/C18H15NP.9CH3.C.4Al.Ti/c19-20(16-10-4-1-5-11-16,17-12-6-2-7-13-17)18-14-8-3-9-15-18;;;;;;;;;;;;;;;/h1-15H;9*1H3;;;;;;/q-1;;;;;;;;;2*-1;;;;;+3. The molecule has 3 aromatic carbocycles. The maximum absolute atomic E-state index is 11.5. The van der Waals surface area contributed by atoms with Gasteiger partial charge in [0.25, 0.3) is 0 Å². The molecular formula is C28H42Al4NPTi. The van der Waals surface area contributed by atoms with Crippen molar-refractivity contribution >= 4 is 80.6 Å². The van der Waals surface area contributed by atoms with Crippen molar-refractivity contribution in [1.82, 2.24) is 0 Å². The predicted octanol–water partition coefficient (Wildman–Crippen LogP) is 7.41. The minimum Gasteiger partial charge on any atom is -0.797 e. The Morgan fingerprint density at radius 2 is 0.771 bits per heavy atom. The van der Waals surface area contributed by atoms with Gasteiger partial charge in [-0.1, -0.05) is 91.0 Å². The minimum absolute atomic E-state index is 0. The summed E-state index contributed by atoms with van der Waals surface area (Å²) in [6, 6.07) is 29.8. The molecule has 0 spiro atoms. The molecule has 0 fully saturated rings. The van der Waals surface area contributed by atoms with Crippen LogP contribution >= 0.6 is 7.05 Å². The number of hydrogen-bond donors (Lipinski definition) is 0. The Morgan fingerprint density at radius 1 is 0.571 bits per heavy atom. The maximum atomic E-state index is 11.5. The molecule has 35 heavy (non-hydrogen) atoms. The molecule has 0 saturated heterocycles. The Kier molecular flexibility index (Phi) is 22.4. The van der Waals surface area contributed by atoms with Gasteiger partial charge in [-0.25, -0.2) is 0 Å². The Morgan fingerprint density at radius 3 is 0.914 bits per heavy atom. The van der Waals surface area contributed by atoms with E-state index in [-0.39, 0.29) is 71.6 Å². The third-order valence-corrected chi connectivity index (χ3v) is 24.5. The van der Waals surface area contributed by atoms with Gasteiger partial charge in [0.15, 0.2) is 15.2 Å². The van der Waals surface area contributed by atoms with Crippen molar-refractivity contribution in [3.05, 3.63) is 106 Å². The normalized spacial score (nSPS) is 9.63. The number of rotatable bonds is 6. The van der Waals surface area contributed by atoms with Crippen molar-refractivity contribution in [3.8, 4) is 0 Å². The first-order valence-electron chi connectivity index (χ1n) is 12.1. The van der Waals surface area contributed by atoms with Crippen LogP contribution in [0.15, 0.2) is 91.0 Å². The van der Waals surface area contributed by atoms with Gasteiger partial charge in [0.05, 0.1) is 0 Å². The monoisotopic (exact) mass is 579 g/mol. The molecule has 0 aliphatic carbocycles. The van der Waals surface area contributed by atoms with E-state index in [0.29, 0.717) is 0 Å². The van der Waals surface area contributed by atoms with Gasteiger partial charge in [0.1, 0.15) is 0 Å². The average Bonchev–Trinajstić information content (AvgIpc) is 2.80. The van der Waals surface area contributed by atoms with Crippen LogP contribution in [0.4, 0.5) is 0 Å². The SMILES string of the molecule is [CH3-].[CH3][Al]([CH3])[C-]([Al]([CH3])[CH3])[Al]([CH3])[CH3].[CH3][Al][CH3].[N-]=P(c1ccccc1)(c1ccccc1)c1ccccc1.[Ti+3]. The van der Waals surface area contributed by atoms with E-state index >= 15 is 0 Å². The molecular weight excluding hydrogens is 537 g/mol. The van der Waals surface area contributed by atoms with Crippen LogP contribution in [0.3, 0.4) is 0 Å². The summed E-state index contributed by atoms with van der Waals surface area (Å²) in [7, 11) is -2.53. The third kappa shape index (κ3) is 12.4. The summed E-state index contributed by atoms with van der Waals surface area (Å²) in [5.41, 5.74) is 0. The summed E-state index contributed by atoms with van der Waals surface area (Å²) >= 11 is -0.333. The predicted molar refractivity (Wildman–Crippen MR) is 168 cm³/mol. The number of nitrogens with zero attached hydrogens (tertiary/aromatic N) is 1. The molecule has 0 bridgehead atoms. The van der Waals surface area contributed by atoms with Crippen LogP contribution in [0, 0.1) is 9.93 Å². The molecule has 0 aliphatic rings. The molecule has 0 unspecified atom stereocenters. The summed E-state index contributed by atoms with van der Waals surface area (Å²) in [6.07, 6.45) is 0. The van der Waals surface area contributed by atoms with Gasteiger partial charge in [-0.3, -0.25) is 0 Å². The Bertz CT molecular complexity index is 817. The van der Waals surface area contributed by atoms with E-state index in [9.17, 15) is 5.16 Å². The van der Waals surface area contributed by atoms with Gasteiger partial charge in [-0.2, -0.15) is 0 Å². The van der Waals surface area contributed by atoms with Crippen molar-refractivity contribution in [1.29, 1.82) is 0 Å². The molecule has 3 aromatic rings. The molecule has 180 valence electrons. The van der Waals surface area contributed by atoms with E-state index in [1.54, 1.807) is 0 Å². The fraction of sp³-hybridized carbons (Fsp3) is 0.286. The zero-order chi connectivity index (χ0) is 24.9. The van der Waals surface area contributed by atoms with Crippen molar-refractivity contribution in [2.75, 3.05) is 0 Å². The van der Waals surface area contributed by atoms with Crippen LogP contribution < -0.4 is 15.9 Å². The minimum atomic E-state index is -2.53. The van der Waals surface area contributed by atoms with Gasteiger partial charge < -0.3 is 15.1 Å². The summed E-state index contributed by atoms with van der Waals surface area (Å²) in [4.78, 5) is 0. The van der Waals surface area contributed by atoms with Gasteiger partial charge in [-0.05, 0) is 15.9 Å². The van der Waals surface area contributed by atoms with E-state index in [4.69, 9.17) is 0 Å². The number of hydrogen-bond acceptors (Lipinski definition) is 0.